The molecule has 0 aromatic carbocycles. The highest BCUT2D eigenvalue weighted by Crippen LogP contribution is 2.44. The molecule has 10 N–H and O–H groups in total. The Bertz CT molecular complexity index is 1260. The highest BCUT2D eigenvalue weighted by atomic mass is 32.2. The van der Waals surface area contributed by atoms with Crippen LogP contribution < -0.4 is 33.0 Å². The number of carbonyl (C=O) groups excluding carboxylic acids is 2. The van der Waals surface area contributed by atoms with Crippen molar-refractivity contribution in [1.82, 2.24) is 20.2 Å². The van der Waals surface area contributed by atoms with Gasteiger partial charge in [-0.1, -0.05) is 10.1 Å². The number of thioether (sulfide) groups is 2. The van der Waals surface area contributed by atoms with Crippen LogP contribution in [-0.2, 0) is 19.2 Å². The van der Waals surface area contributed by atoms with E-state index in [4.69, 9.17) is 27.9 Å². The first-order valence-corrected chi connectivity index (χ1v) is 13.1. The highest BCUT2D eigenvalue weighted by Gasteiger charge is 2.57. The van der Waals surface area contributed by atoms with Gasteiger partial charge in [0.25, 0.3) is 5.91 Å². The second kappa shape index (κ2) is 9.86. The number of carboxylic acids is 1. The number of nitrogens with zero attached hydrogens (tertiary/aromatic N) is 5. The standard InChI is InChI=1S/C18H22N10O5S3/c1-33-26-10(7-3-34-16(21)23-7)12(29)25-11-13(30)27-4-18(15(31)32,5-35-14(11)27)6-36-17-24-8(19)2-9(20)28(17)22/h2-3,11,14H,4-6,22H2,1H3,(H7,19,20,21,23,25,29,31,32)/p+1/t11?,14-,18?/m1/s1. The molecule has 2 fully saturated rings. The molecule has 2 aliphatic rings. The molecule has 2 aliphatic heterocycles. The SMILES string of the molecule is CON=C(C(=O)NC1C(=O)N2CC(CSc3nc(N)cc(N)[n+]3N)(C(=O)O)CS[C@H]12)c1csc(N)n1. The van der Waals surface area contributed by atoms with E-state index in [2.05, 4.69) is 20.4 Å². The van der Waals surface area contributed by atoms with Crippen LogP contribution in [-0.4, -0.2) is 80.0 Å². The predicted molar refractivity (Wildman–Crippen MR) is 134 cm³/mol. The number of thiazole rings is 1. The lowest BCUT2D eigenvalue weighted by atomic mass is 9.89. The van der Waals surface area contributed by atoms with Crippen LogP contribution in [0.25, 0.3) is 0 Å². The Balaban J connectivity index is 1.45. The number of amides is 2. The number of β-lactam (4-membered cyclic amide) rings is 1. The van der Waals surface area contributed by atoms with Crippen molar-refractivity contribution in [2.75, 3.05) is 48.2 Å². The van der Waals surface area contributed by atoms with Crippen LogP contribution in [0.2, 0.25) is 0 Å². The van der Waals surface area contributed by atoms with Gasteiger partial charge in [-0.25, -0.2) is 4.98 Å². The van der Waals surface area contributed by atoms with E-state index < -0.39 is 34.6 Å². The summed E-state index contributed by atoms with van der Waals surface area (Å²) in [7, 11) is 1.28. The number of rotatable bonds is 8. The summed E-state index contributed by atoms with van der Waals surface area (Å²) >= 11 is 3.46. The van der Waals surface area contributed by atoms with E-state index in [1.807, 2.05) is 0 Å². The maximum Gasteiger partial charge on any atom is 0.322 e. The molecule has 3 atom stereocenters. The van der Waals surface area contributed by atoms with E-state index >= 15 is 0 Å². The first-order valence-electron chi connectivity index (χ1n) is 10.2. The van der Waals surface area contributed by atoms with Crippen LogP contribution in [0.1, 0.15) is 5.69 Å². The van der Waals surface area contributed by atoms with E-state index in [1.54, 1.807) is 5.38 Å². The maximum atomic E-state index is 12.9. The zero-order valence-electron chi connectivity index (χ0n) is 18.8. The highest BCUT2D eigenvalue weighted by molar-refractivity contribution is 8.00. The lowest BCUT2D eigenvalue weighted by Crippen LogP contribution is -2.74. The van der Waals surface area contributed by atoms with Gasteiger partial charge in [-0.2, -0.15) is 0 Å². The monoisotopic (exact) mass is 555 g/mol. The number of aromatic nitrogens is 3. The van der Waals surface area contributed by atoms with Gasteiger partial charge < -0.3 is 37.4 Å². The lowest BCUT2D eigenvalue weighted by molar-refractivity contribution is -0.667. The summed E-state index contributed by atoms with van der Waals surface area (Å²) in [5.41, 5.74) is 16.0. The number of hydrogen-bond donors (Lipinski definition) is 6. The smallest absolute Gasteiger partial charge is 0.322 e. The number of nitrogens with two attached hydrogens (primary N) is 4. The lowest BCUT2D eigenvalue weighted by Gasteiger charge is -2.53. The Morgan fingerprint density at radius 1 is 1.42 bits per heavy atom. The van der Waals surface area contributed by atoms with Gasteiger partial charge >= 0.3 is 11.1 Å². The summed E-state index contributed by atoms with van der Waals surface area (Å²) in [6, 6.07) is 0.527. The number of anilines is 3. The maximum absolute atomic E-state index is 12.9. The van der Waals surface area contributed by atoms with Crippen molar-refractivity contribution in [3.63, 3.8) is 0 Å². The summed E-state index contributed by atoms with van der Waals surface area (Å²) in [5.74, 6) is 4.30. The minimum atomic E-state index is -1.29. The van der Waals surface area contributed by atoms with Gasteiger partial charge in [-0.15, -0.1) is 27.8 Å². The van der Waals surface area contributed by atoms with Crippen molar-refractivity contribution in [3.05, 3.63) is 17.1 Å². The molecule has 2 amide bonds. The molecule has 0 radical (unpaired) electrons. The molecule has 2 aromatic rings. The molecule has 4 rings (SSSR count). The molecule has 0 aliphatic carbocycles. The fraction of sp³-hybridized carbons (Fsp3) is 0.389. The molecule has 2 unspecified atom stereocenters. The first-order chi connectivity index (χ1) is 17.1. The molecule has 0 bridgehead atoms. The van der Waals surface area contributed by atoms with Gasteiger partial charge in [-0.3, -0.25) is 20.2 Å². The third kappa shape index (κ3) is 4.65. The van der Waals surface area contributed by atoms with E-state index in [-0.39, 0.29) is 51.4 Å². The fourth-order valence-corrected chi connectivity index (χ4v) is 7.00. The summed E-state index contributed by atoms with van der Waals surface area (Å²) in [6.07, 6.45) is 0. The number of aliphatic carboxylic acids is 1. The molecule has 2 saturated heterocycles. The largest absolute Gasteiger partial charge is 0.481 e. The number of hydrogen-bond acceptors (Lipinski definition) is 14. The molecular formula is C18H23N10O5S3+. The van der Waals surface area contributed by atoms with Gasteiger partial charge in [0.2, 0.25) is 17.5 Å². The summed E-state index contributed by atoms with van der Waals surface area (Å²) in [5, 5.41) is 18.0. The van der Waals surface area contributed by atoms with Crippen LogP contribution >= 0.6 is 34.9 Å². The Labute approximate surface area is 216 Å². The van der Waals surface area contributed by atoms with E-state index in [0.29, 0.717) is 0 Å². The summed E-state index contributed by atoms with van der Waals surface area (Å²) < 4.78 is 1.12. The Morgan fingerprint density at radius 2 is 2.17 bits per heavy atom. The Morgan fingerprint density at radius 3 is 2.81 bits per heavy atom. The molecule has 4 heterocycles. The third-order valence-corrected chi connectivity index (χ3v) is 9.03. The number of carboxylic acid groups (broad SMARTS) is 1. The fourth-order valence-electron chi connectivity index (χ4n) is 3.64. The van der Waals surface area contributed by atoms with Crippen molar-refractivity contribution in [3.8, 4) is 0 Å². The molecular weight excluding hydrogens is 532 g/mol. The van der Waals surface area contributed by atoms with E-state index in [0.717, 1.165) is 27.8 Å². The average molecular weight is 556 g/mol. The first kappa shape index (κ1) is 25.6. The zero-order valence-corrected chi connectivity index (χ0v) is 21.2. The molecule has 2 aromatic heterocycles. The number of carbonyl (C=O) groups is 3. The minimum Gasteiger partial charge on any atom is -0.481 e. The van der Waals surface area contributed by atoms with E-state index in [1.165, 1.54) is 29.8 Å². The molecule has 18 heteroatoms. The number of fused-ring (bicyclic) bond motifs is 1. The second-order valence-corrected chi connectivity index (χ2v) is 10.9. The van der Waals surface area contributed by atoms with Crippen LogP contribution in [0.4, 0.5) is 16.8 Å². The van der Waals surface area contributed by atoms with Crippen LogP contribution in [0.5, 0.6) is 0 Å². The van der Waals surface area contributed by atoms with Gasteiger partial charge in [-0.05, 0) is 11.8 Å². The minimum absolute atomic E-state index is 0.0534. The third-order valence-electron chi connectivity index (χ3n) is 5.53. The molecule has 36 heavy (non-hydrogen) atoms. The van der Waals surface area contributed by atoms with Crippen molar-refractivity contribution in [2.45, 2.75) is 16.6 Å². The average Bonchev–Trinajstić information content (AvgIpc) is 3.27. The van der Waals surface area contributed by atoms with Gasteiger partial charge in [0.15, 0.2) is 10.8 Å². The number of nitrogens with one attached hydrogen (secondary N) is 1. The summed E-state index contributed by atoms with van der Waals surface area (Å²) in [4.78, 5) is 52.3. The Kier molecular flexibility index (Phi) is 7.01. The number of oxime groups is 1. The van der Waals surface area contributed by atoms with Gasteiger partial charge in [0, 0.05) is 23.4 Å². The van der Waals surface area contributed by atoms with Gasteiger partial charge in [0.1, 0.15) is 29.6 Å². The van der Waals surface area contributed by atoms with E-state index in [9.17, 15) is 19.5 Å². The zero-order chi connectivity index (χ0) is 26.2. The van der Waals surface area contributed by atoms with Crippen molar-refractivity contribution in [2.24, 2.45) is 10.6 Å². The quantitative estimate of drug-likeness (QED) is 0.0389. The van der Waals surface area contributed by atoms with Crippen LogP contribution in [0.15, 0.2) is 21.8 Å². The van der Waals surface area contributed by atoms with Crippen molar-refractivity contribution < 1.29 is 29.0 Å². The molecule has 192 valence electrons. The predicted octanol–water partition coefficient (Wildman–Crippen LogP) is -2.10. The molecule has 0 spiro atoms. The normalized spacial score (nSPS) is 23.5. The second-order valence-electron chi connectivity index (χ2n) is 7.94. The van der Waals surface area contributed by atoms with Crippen molar-refractivity contribution in [1.29, 1.82) is 0 Å². The van der Waals surface area contributed by atoms with Crippen LogP contribution in [0.3, 0.4) is 0 Å². The molecule has 15 nitrogen and oxygen atoms in total. The van der Waals surface area contributed by atoms with Crippen molar-refractivity contribution >= 4 is 75.1 Å². The summed E-state index contributed by atoms with van der Waals surface area (Å²) in [6.45, 7) is -0.0534. The topological polar surface area (TPSA) is 242 Å². The number of nitrogen functional groups attached to an aromatic ring is 4. The Hall–Kier alpha value is -3.51. The van der Waals surface area contributed by atoms with Crippen LogP contribution in [0, 0.1) is 5.41 Å². The molecule has 0 saturated carbocycles. The van der Waals surface area contributed by atoms with Gasteiger partial charge in [0.05, 0.1) is 6.07 Å².